The molecule has 0 fully saturated rings. The predicted octanol–water partition coefficient (Wildman–Crippen LogP) is 1.82. The van der Waals surface area contributed by atoms with Crippen molar-refractivity contribution in [2.24, 2.45) is 0 Å². The molecule has 1 aliphatic heterocycles. The summed E-state index contributed by atoms with van der Waals surface area (Å²) in [7, 11) is 0. The Labute approximate surface area is 201 Å². The number of benzene rings is 1. The molecule has 176 valence electrons. The van der Waals surface area contributed by atoms with Crippen molar-refractivity contribution in [2.75, 3.05) is 18.5 Å². The van der Waals surface area contributed by atoms with Crippen molar-refractivity contribution in [3.8, 4) is 11.5 Å². The fourth-order valence-electron chi connectivity index (χ4n) is 4.63. The average molecular weight is 470 g/mol. The number of fused-ring (bicyclic) bond motifs is 1. The van der Waals surface area contributed by atoms with Crippen LogP contribution in [0.2, 0.25) is 0 Å². The Morgan fingerprint density at radius 1 is 1.11 bits per heavy atom. The second kappa shape index (κ2) is 8.79. The van der Waals surface area contributed by atoms with Gasteiger partial charge in [-0.15, -0.1) is 10.2 Å². The molecule has 10 nitrogen and oxygen atoms in total. The van der Waals surface area contributed by atoms with E-state index in [1.807, 2.05) is 0 Å². The van der Waals surface area contributed by atoms with Crippen molar-refractivity contribution in [3.63, 3.8) is 0 Å². The van der Waals surface area contributed by atoms with Crippen LogP contribution in [0.15, 0.2) is 64.5 Å². The smallest absolute Gasteiger partial charge is 0.250 e. The monoisotopic (exact) mass is 469 g/mol. The molecule has 0 bridgehead atoms. The van der Waals surface area contributed by atoms with Crippen LogP contribution in [-0.4, -0.2) is 56.0 Å². The molecule has 3 aliphatic rings. The van der Waals surface area contributed by atoms with Gasteiger partial charge in [0.25, 0.3) is 5.89 Å². The van der Waals surface area contributed by atoms with Crippen LogP contribution < -0.4 is 10.6 Å². The molecule has 10 heteroatoms. The van der Waals surface area contributed by atoms with E-state index in [1.54, 1.807) is 29.4 Å². The lowest BCUT2D eigenvalue weighted by Gasteiger charge is -2.32. The summed E-state index contributed by atoms with van der Waals surface area (Å²) >= 11 is 0. The first kappa shape index (κ1) is 21.2. The Balaban J connectivity index is 1.06. The van der Waals surface area contributed by atoms with E-state index in [2.05, 4.69) is 55.1 Å². The third-order valence-electron chi connectivity index (χ3n) is 6.46. The van der Waals surface area contributed by atoms with E-state index in [4.69, 9.17) is 4.42 Å². The Kier molecular flexibility index (Phi) is 5.32. The topological polar surface area (TPSA) is 126 Å². The number of allylic oxidation sites excluding steroid dienone is 2. The zero-order valence-corrected chi connectivity index (χ0v) is 18.9. The third kappa shape index (κ3) is 4.42. The number of carbonyl (C=O) groups is 2. The lowest BCUT2D eigenvalue weighted by atomic mass is 10.0. The van der Waals surface area contributed by atoms with Gasteiger partial charge in [0.15, 0.2) is 5.78 Å². The highest BCUT2D eigenvalue weighted by molar-refractivity contribution is 5.93. The molecule has 35 heavy (non-hydrogen) atoms. The predicted molar refractivity (Wildman–Crippen MR) is 126 cm³/mol. The summed E-state index contributed by atoms with van der Waals surface area (Å²) in [6.45, 7) is 0.786. The van der Waals surface area contributed by atoms with Crippen LogP contribution in [0.5, 0.6) is 0 Å². The first-order valence-electron chi connectivity index (χ1n) is 11.5. The fraction of sp³-hybridized carbons (Fsp3) is 0.280. The zero-order chi connectivity index (χ0) is 23.8. The van der Waals surface area contributed by atoms with Crippen molar-refractivity contribution < 1.29 is 14.0 Å². The molecule has 1 amide bonds. The van der Waals surface area contributed by atoms with Crippen LogP contribution >= 0.6 is 0 Å². The average Bonchev–Trinajstić information content (AvgIpc) is 3.50. The summed E-state index contributed by atoms with van der Waals surface area (Å²) in [5.41, 5.74) is 5.14. The van der Waals surface area contributed by atoms with Gasteiger partial charge < -0.3 is 20.0 Å². The van der Waals surface area contributed by atoms with Gasteiger partial charge in [0.2, 0.25) is 17.7 Å². The minimum absolute atomic E-state index is 0.0112. The molecular formula is C25H23N7O3. The lowest BCUT2D eigenvalue weighted by Crippen LogP contribution is -2.45. The van der Waals surface area contributed by atoms with Crippen molar-refractivity contribution >= 4 is 17.6 Å². The van der Waals surface area contributed by atoms with Crippen molar-refractivity contribution in [2.45, 2.75) is 31.7 Å². The molecule has 0 unspecified atom stereocenters. The molecule has 2 aliphatic carbocycles. The van der Waals surface area contributed by atoms with Crippen molar-refractivity contribution in [1.82, 2.24) is 30.4 Å². The maximum atomic E-state index is 12.8. The quantitative estimate of drug-likeness (QED) is 0.575. The highest BCUT2D eigenvalue weighted by Crippen LogP contribution is 2.24. The largest absolute Gasteiger partial charge is 0.420 e. The SMILES string of the molecule is O=C1C=CC2=C(C1)NCN(C(=O)Cc1nnc(-c3cnc(NC4Cc5ccccc5C4)nc3)o1)C2. The summed E-state index contributed by atoms with van der Waals surface area (Å²) in [6.07, 6.45) is 8.82. The van der Waals surface area contributed by atoms with Crippen LogP contribution in [0.25, 0.3) is 11.5 Å². The number of nitrogens with zero attached hydrogens (tertiary/aromatic N) is 5. The van der Waals surface area contributed by atoms with Gasteiger partial charge in [0.05, 0.1) is 18.7 Å². The number of nitrogens with one attached hydrogen (secondary N) is 2. The number of aromatic nitrogens is 4. The van der Waals surface area contributed by atoms with E-state index in [9.17, 15) is 9.59 Å². The molecular weight excluding hydrogens is 446 g/mol. The van der Waals surface area contributed by atoms with Gasteiger partial charge in [-0.25, -0.2) is 9.97 Å². The van der Waals surface area contributed by atoms with Crippen molar-refractivity contribution in [1.29, 1.82) is 0 Å². The van der Waals surface area contributed by atoms with E-state index in [0.717, 1.165) is 24.1 Å². The highest BCUT2D eigenvalue weighted by atomic mass is 16.4. The summed E-state index contributed by atoms with van der Waals surface area (Å²) in [4.78, 5) is 34.8. The minimum atomic E-state index is -0.141. The molecule has 3 aromatic rings. The molecule has 2 aromatic heterocycles. The van der Waals surface area contributed by atoms with Gasteiger partial charge in [0, 0.05) is 30.7 Å². The normalized spacial score (nSPS) is 17.3. The molecule has 6 rings (SSSR count). The van der Waals surface area contributed by atoms with Crippen LogP contribution in [0.1, 0.15) is 23.4 Å². The van der Waals surface area contributed by atoms with Gasteiger partial charge in [-0.2, -0.15) is 0 Å². The third-order valence-corrected chi connectivity index (χ3v) is 6.46. The molecule has 1 aromatic carbocycles. The minimum Gasteiger partial charge on any atom is -0.420 e. The Morgan fingerprint density at radius 2 is 1.89 bits per heavy atom. The van der Waals surface area contributed by atoms with Crippen LogP contribution in [0.3, 0.4) is 0 Å². The number of hydrogen-bond donors (Lipinski definition) is 2. The first-order chi connectivity index (χ1) is 17.1. The van der Waals surface area contributed by atoms with Crippen molar-refractivity contribution in [3.05, 3.63) is 77.1 Å². The summed E-state index contributed by atoms with van der Waals surface area (Å²) in [5, 5.41) is 14.6. The van der Waals surface area contributed by atoms with E-state index in [0.29, 0.717) is 31.1 Å². The number of anilines is 1. The molecule has 0 radical (unpaired) electrons. The van der Waals surface area contributed by atoms with E-state index in [1.165, 1.54) is 11.1 Å². The first-order valence-corrected chi connectivity index (χ1v) is 11.5. The number of ketones is 1. The number of amides is 1. The van der Waals surface area contributed by atoms with Crippen LogP contribution in [-0.2, 0) is 28.9 Å². The Bertz CT molecular complexity index is 1330. The molecule has 3 heterocycles. The van der Waals surface area contributed by atoms with Crippen LogP contribution in [0, 0.1) is 0 Å². The van der Waals surface area contributed by atoms with Gasteiger partial charge in [-0.05, 0) is 35.6 Å². The standard InChI is InChI=1S/C25H23N7O3/c33-20-6-5-17-13-32(14-28-21(17)9-20)23(34)10-22-30-31-24(35-22)18-11-26-25(27-12-18)29-19-7-15-3-1-2-4-16(15)8-19/h1-6,11-12,19,28H,7-10,13-14H2,(H,26,27,29). The van der Waals surface area contributed by atoms with E-state index in [-0.39, 0.29) is 35.9 Å². The fourth-order valence-corrected chi connectivity index (χ4v) is 4.63. The van der Waals surface area contributed by atoms with E-state index >= 15 is 0 Å². The second-order valence-corrected chi connectivity index (χ2v) is 8.90. The molecule has 0 atom stereocenters. The summed E-state index contributed by atoms with van der Waals surface area (Å²) < 4.78 is 5.71. The summed E-state index contributed by atoms with van der Waals surface area (Å²) in [6, 6.07) is 8.70. The second-order valence-electron chi connectivity index (χ2n) is 8.90. The van der Waals surface area contributed by atoms with Gasteiger partial charge >= 0.3 is 0 Å². The Hall–Kier alpha value is -4.34. The molecule has 0 saturated carbocycles. The number of carbonyl (C=O) groups excluding carboxylic acids is 2. The highest BCUT2D eigenvalue weighted by Gasteiger charge is 2.26. The Morgan fingerprint density at radius 3 is 2.66 bits per heavy atom. The molecule has 2 N–H and O–H groups in total. The van der Waals surface area contributed by atoms with Crippen LogP contribution in [0.4, 0.5) is 5.95 Å². The zero-order valence-electron chi connectivity index (χ0n) is 18.9. The maximum absolute atomic E-state index is 12.8. The van der Waals surface area contributed by atoms with E-state index < -0.39 is 0 Å². The lowest BCUT2D eigenvalue weighted by molar-refractivity contribution is -0.130. The van der Waals surface area contributed by atoms with Gasteiger partial charge in [-0.3, -0.25) is 9.59 Å². The molecule has 0 spiro atoms. The summed E-state index contributed by atoms with van der Waals surface area (Å²) in [5.74, 6) is 0.962. The van der Waals surface area contributed by atoms with Gasteiger partial charge in [0.1, 0.15) is 6.42 Å². The number of rotatable bonds is 5. The molecule has 0 saturated heterocycles. The maximum Gasteiger partial charge on any atom is 0.250 e. The number of hydrogen-bond acceptors (Lipinski definition) is 9. The van der Waals surface area contributed by atoms with Gasteiger partial charge in [-0.1, -0.05) is 30.3 Å².